The molecule has 33 heavy (non-hydrogen) atoms. The van der Waals surface area contributed by atoms with Gasteiger partial charge in [-0.3, -0.25) is 9.59 Å². The first-order valence-corrected chi connectivity index (χ1v) is 12.3. The molecule has 0 aliphatic heterocycles. The topological polar surface area (TPSA) is 67.2 Å². The van der Waals surface area contributed by atoms with Crippen LogP contribution in [0, 0.1) is 0 Å². The smallest absolute Gasteiger partial charge is 0.245 e. The summed E-state index contributed by atoms with van der Waals surface area (Å²) in [6.45, 7) is 12.1. The van der Waals surface area contributed by atoms with Gasteiger partial charge in [0.2, 0.25) is 11.8 Å². The van der Waals surface area contributed by atoms with Gasteiger partial charge >= 0.3 is 0 Å². The maximum Gasteiger partial charge on any atom is 0.245 e. The number of nitrogens with one attached hydrogen (secondary N) is 1. The van der Waals surface area contributed by atoms with E-state index in [1.807, 2.05) is 19.9 Å². The average Bonchev–Trinajstić information content (AvgIpc) is 3.15. The number of nitrogens with zero attached hydrogens (tertiary/aromatic N) is 3. The molecule has 8 heteroatoms. The minimum Gasteiger partial charge on any atom is -0.331 e. The first-order valence-electron chi connectivity index (χ1n) is 11.6. The quantitative estimate of drug-likeness (QED) is 0.377. The standard InChI is InChI=1S/C25H36Cl2N4O2/c1-7-8-9-10-11-24(33)30(17(2)3)16-23(32)28-22-15-21(25(4,5)6)29-31(22)18-12-13-19(26)20(27)14-18/h12-15,17H,7-11,16H2,1-6H3,(H,28,32). The second-order valence-electron chi connectivity index (χ2n) is 9.65. The van der Waals surface area contributed by atoms with Crippen LogP contribution in [0.25, 0.3) is 5.69 Å². The van der Waals surface area contributed by atoms with Crippen molar-refractivity contribution in [3.8, 4) is 5.69 Å². The molecule has 2 rings (SSSR count). The second-order valence-corrected chi connectivity index (χ2v) is 10.5. The van der Waals surface area contributed by atoms with E-state index in [9.17, 15) is 9.59 Å². The summed E-state index contributed by atoms with van der Waals surface area (Å²) in [7, 11) is 0. The van der Waals surface area contributed by atoms with Crippen LogP contribution in [0.3, 0.4) is 0 Å². The number of amides is 2. The van der Waals surface area contributed by atoms with Gasteiger partial charge in [0, 0.05) is 23.9 Å². The molecule has 1 aromatic heterocycles. The Balaban J connectivity index is 2.23. The van der Waals surface area contributed by atoms with Crippen LogP contribution >= 0.6 is 23.2 Å². The van der Waals surface area contributed by atoms with Crippen molar-refractivity contribution >= 4 is 40.8 Å². The fourth-order valence-electron chi connectivity index (χ4n) is 3.39. The molecule has 2 amide bonds. The van der Waals surface area contributed by atoms with Gasteiger partial charge in [0.15, 0.2) is 0 Å². The van der Waals surface area contributed by atoms with Crippen molar-refractivity contribution in [1.82, 2.24) is 14.7 Å². The molecule has 0 unspecified atom stereocenters. The highest BCUT2D eigenvalue weighted by molar-refractivity contribution is 6.42. The van der Waals surface area contributed by atoms with Crippen LogP contribution in [-0.2, 0) is 15.0 Å². The minimum atomic E-state index is -0.271. The van der Waals surface area contributed by atoms with E-state index in [0.29, 0.717) is 28.0 Å². The van der Waals surface area contributed by atoms with E-state index in [-0.39, 0.29) is 29.8 Å². The molecule has 0 aliphatic rings. The number of hydrogen-bond acceptors (Lipinski definition) is 3. The Morgan fingerprint density at radius 1 is 1.09 bits per heavy atom. The molecule has 1 N–H and O–H groups in total. The van der Waals surface area contributed by atoms with Gasteiger partial charge in [-0.2, -0.15) is 5.10 Å². The van der Waals surface area contributed by atoms with Crippen molar-refractivity contribution in [2.24, 2.45) is 0 Å². The minimum absolute atomic E-state index is 0.00428. The molecule has 1 aromatic carbocycles. The van der Waals surface area contributed by atoms with Gasteiger partial charge in [0.05, 0.1) is 21.4 Å². The van der Waals surface area contributed by atoms with Crippen LogP contribution in [0.4, 0.5) is 5.82 Å². The predicted octanol–water partition coefficient (Wildman–Crippen LogP) is 6.62. The molecule has 0 saturated heterocycles. The van der Waals surface area contributed by atoms with Crippen LogP contribution in [-0.4, -0.2) is 39.1 Å². The van der Waals surface area contributed by atoms with Crippen molar-refractivity contribution in [2.45, 2.75) is 85.1 Å². The third kappa shape index (κ3) is 7.75. The van der Waals surface area contributed by atoms with Crippen LogP contribution in [0.2, 0.25) is 10.0 Å². The van der Waals surface area contributed by atoms with Gasteiger partial charge < -0.3 is 10.2 Å². The lowest BCUT2D eigenvalue weighted by Crippen LogP contribution is -2.42. The van der Waals surface area contributed by atoms with Crippen molar-refractivity contribution in [3.05, 3.63) is 40.0 Å². The number of carbonyl (C=O) groups excluding carboxylic acids is 2. The summed E-state index contributed by atoms with van der Waals surface area (Å²) in [4.78, 5) is 27.3. The predicted molar refractivity (Wildman–Crippen MR) is 137 cm³/mol. The summed E-state index contributed by atoms with van der Waals surface area (Å²) in [5, 5.41) is 8.49. The van der Waals surface area contributed by atoms with E-state index in [1.54, 1.807) is 27.8 Å². The van der Waals surface area contributed by atoms with Gasteiger partial charge in [-0.15, -0.1) is 0 Å². The van der Waals surface area contributed by atoms with Crippen molar-refractivity contribution in [1.29, 1.82) is 0 Å². The molecular formula is C25H36Cl2N4O2. The number of benzene rings is 1. The molecular weight excluding hydrogens is 459 g/mol. The average molecular weight is 495 g/mol. The van der Waals surface area contributed by atoms with Gasteiger partial charge in [0.1, 0.15) is 12.4 Å². The largest absolute Gasteiger partial charge is 0.331 e. The number of unbranched alkanes of at least 4 members (excludes halogenated alkanes) is 3. The fraction of sp³-hybridized carbons (Fsp3) is 0.560. The molecule has 0 atom stereocenters. The summed E-state index contributed by atoms with van der Waals surface area (Å²) < 4.78 is 1.65. The molecule has 0 fully saturated rings. The molecule has 6 nitrogen and oxygen atoms in total. The highest BCUT2D eigenvalue weighted by Gasteiger charge is 2.24. The lowest BCUT2D eigenvalue weighted by atomic mass is 9.92. The monoisotopic (exact) mass is 494 g/mol. The number of aromatic nitrogens is 2. The van der Waals surface area contributed by atoms with Crippen LogP contribution in [0.15, 0.2) is 24.3 Å². The highest BCUT2D eigenvalue weighted by Crippen LogP contribution is 2.29. The van der Waals surface area contributed by atoms with E-state index in [0.717, 1.165) is 31.4 Å². The molecule has 0 saturated carbocycles. The van der Waals surface area contributed by atoms with Crippen LogP contribution in [0.1, 0.15) is 79.3 Å². The lowest BCUT2D eigenvalue weighted by molar-refractivity contribution is -0.136. The molecule has 2 aromatic rings. The summed E-state index contributed by atoms with van der Waals surface area (Å²) in [5.74, 6) is 0.249. The van der Waals surface area contributed by atoms with E-state index in [4.69, 9.17) is 28.3 Å². The third-order valence-corrected chi connectivity index (χ3v) is 6.13. The van der Waals surface area contributed by atoms with Gasteiger partial charge in [-0.05, 0) is 38.5 Å². The van der Waals surface area contributed by atoms with Crippen molar-refractivity contribution in [3.63, 3.8) is 0 Å². The zero-order chi connectivity index (χ0) is 24.8. The van der Waals surface area contributed by atoms with Crippen molar-refractivity contribution in [2.75, 3.05) is 11.9 Å². The Hall–Kier alpha value is -2.05. The normalized spacial score (nSPS) is 11.7. The SMILES string of the molecule is CCCCCCC(=O)N(CC(=O)Nc1cc(C(C)(C)C)nn1-c1ccc(Cl)c(Cl)c1)C(C)C. The van der Waals surface area contributed by atoms with E-state index >= 15 is 0 Å². The Labute approximate surface area is 207 Å². The Morgan fingerprint density at radius 3 is 2.36 bits per heavy atom. The Bertz CT molecular complexity index is 964. The highest BCUT2D eigenvalue weighted by atomic mass is 35.5. The van der Waals surface area contributed by atoms with E-state index in [1.165, 1.54) is 0 Å². The van der Waals surface area contributed by atoms with Crippen LogP contribution < -0.4 is 5.32 Å². The molecule has 0 aliphatic carbocycles. The molecule has 0 spiro atoms. The fourth-order valence-corrected chi connectivity index (χ4v) is 3.69. The number of anilines is 1. The summed E-state index contributed by atoms with van der Waals surface area (Å²) in [6, 6.07) is 6.98. The number of rotatable bonds is 10. The first-order chi connectivity index (χ1) is 15.4. The third-order valence-electron chi connectivity index (χ3n) is 5.39. The molecule has 0 radical (unpaired) electrons. The van der Waals surface area contributed by atoms with E-state index in [2.05, 4.69) is 33.0 Å². The second kappa shape index (κ2) is 11.9. The van der Waals surface area contributed by atoms with Gasteiger partial charge in [0.25, 0.3) is 0 Å². The summed E-state index contributed by atoms with van der Waals surface area (Å²) in [6.07, 6.45) is 4.56. The summed E-state index contributed by atoms with van der Waals surface area (Å²) in [5.41, 5.74) is 1.28. The maximum absolute atomic E-state index is 13.0. The summed E-state index contributed by atoms with van der Waals surface area (Å²) >= 11 is 12.3. The zero-order valence-corrected chi connectivity index (χ0v) is 22.1. The van der Waals surface area contributed by atoms with Crippen molar-refractivity contribution < 1.29 is 9.59 Å². The molecule has 182 valence electrons. The maximum atomic E-state index is 13.0. The Kier molecular flexibility index (Phi) is 9.80. The zero-order valence-electron chi connectivity index (χ0n) is 20.5. The van der Waals surface area contributed by atoms with Gasteiger partial charge in [-0.25, -0.2) is 4.68 Å². The van der Waals surface area contributed by atoms with Crippen LogP contribution in [0.5, 0.6) is 0 Å². The van der Waals surface area contributed by atoms with E-state index < -0.39 is 0 Å². The first kappa shape index (κ1) is 27.2. The number of halogens is 2. The molecule has 0 bridgehead atoms. The number of carbonyl (C=O) groups is 2. The Morgan fingerprint density at radius 2 is 1.79 bits per heavy atom. The lowest BCUT2D eigenvalue weighted by Gasteiger charge is -2.26. The molecule has 1 heterocycles. The van der Waals surface area contributed by atoms with Gasteiger partial charge in [-0.1, -0.05) is 70.2 Å². The number of hydrogen-bond donors (Lipinski definition) is 1.